The van der Waals surface area contributed by atoms with E-state index in [1.807, 2.05) is 0 Å². The monoisotopic (exact) mass is 594 g/mol. The lowest BCUT2D eigenvalue weighted by Gasteiger charge is -2.39. The summed E-state index contributed by atoms with van der Waals surface area (Å²) in [6, 6.07) is 6.21. The van der Waals surface area contributed by atoms with Gasteiger partial charge in [0, 0.05) is 23.5 Å². The van der Waals surface area contributed by atoms with Gasteiger partial charge in [0.05, 0.1) is 22.0 Å². The van der Waals surface area contributed by atoms with E-state index in [1.165, 1.54) is 12.1 Å². The van der Waals surface area contributed by atoms with E-state index in [-0.39, 0.29) is 29.7 Å². The van der Waals surface area contributed by atoms with Crippen LogP contribution in [0, 0.1) is 45.6 Å². The number of esters is 2. The Kier molecular flexibility index (Phi) is 10.4. The number of nitrogens with zero attached hydrogens (tertiary/aromatic N) is 1. The molecule has 1 heterocycles. The third-order valence-corrected chi connectivity index (χ3v) is 10.1. The Balaban J connectivity index is 1.74. The number of ether oxygens (including phenoxy) is 2. The summed E-state index contributed by atoms with van der Waals surface area (Å²) in [6.07, 6.45) is 5.30. The summed E-state index contributed by atoms with van der Waals surface area (Å²) in [4.78, 5) is 39.7. The lowest BCUT2D eigenvalue weighted by atomic mass is 9.75. The van der Waals surface area contributed by atoms with Gasteiger partial charge in [-0.05, 0) is 80.6 Å². The summed E-state index contributed by atoms with van der Waals surface area (Å²) in [6.45, 7) is 16.6. The third kappa shape index (κ3) is 7.32. The summed E-state index contributed by atoms with van der Waals surface area (Å²) >= 11 is 0. The fourth-order valence-electron chi connectivity index (χ4n) is 7.59. The summed E-state index contributed by atoms with van der Waals surface area (Å²) in [5, 5.41) is 15.0. The summed E-state index contributed by atoms with van der Waals surface area (Å²) in [7, 11) is 0. The molecule has 3 aliphatic rings. The zero-order chi connectivity index (χ0) is 31.6. The largest absolute Gasteiger partial charge is 0.459 e. The molecule has 8 nitrogen and oxygen atoms in total. The number of nitro groups is 1. The van der Waals surface area contributed by atoms with Crippen LogP contribution in [0.4, 0.5) is 5.69 Å². The average Bonchev–Trinajstić information content (AvgIpc) is 2.92. The maximum absolute atomic E-state index is 14.2. The maximum atomic E-state index is 14.2. The summed E-state index contributed by atoms with van der Waals surface area (Å²) < 4.78 is 12.6. The topological polar surface area (TPSA) is 108 Å². The van der Waals surface area contributed by atoms with Crippen molar-refractivity contribution in [3.05, 3.63) is 62.5 Å². The highest BCUT2D eigenvalue weighted by Crippen LogP contribution is 2.43. The van der Waals surface area contributed by atoms with Crippen LogP contribution < -0.4 is 5.32 Å². The number of dihydropyridines is 1. The fourth-order valence-corrected chi connectivity index (χ4v) is 7.59. The molecule has 0 radical (unpaired) electrons. The van der Waals surface area contributed by atoms with E-state index in [0.29, 0.717) is 51.8 Å². The van der Waals surface area contributed by atoms with Gasteiger partial charge >= 0.3 is 11.9 Å². The van der Waals surface area contributed by atoms with Crippen LogP contribution in [0.2, 0.25) is 0 Å². The molecule has 1 aromatic carbocycles. The highest BCUT2D eigenvalue weighted by Gasteiger charge is 2.42. The Labute approximate surface area is 256 Å². The van der Waals surface area contributed by atoms with Crippen molar-refractivity contribution in [2.45, 2.75) is 112 Å². The summed E-state index contributed by atoms with van der Waals surface area (Å²) in [5.74, 6) is 0.255. The molecule has 0 bridgehead atoms. The molecule has 2 fully saturated rings. The molecule has 0 amide bonds. The van der Waals surface area contributed by atoms with Crippen LogP contribution in [0.3, 0.4) is 0 Å². The van der Waals surface area contributed by atoms with Gasteiger partial charge in [-0.2, -0.15) is 0 Å². The van der Waals surface area contributed by atoms with E-state index in [9.17, 15) is 19.7 Å². The van der Waals surface area contributed by atoms with E-state index >= 15 is 0 Å². The second-order valence-electron chi connectivity index (χ2n) is 14.0. The molecule has 1 aromatic rings. The predicted octanol–water partition coefficient (Wildman–Crippen LogP) is 7.84. The van der Waals surface area contributed by atoms with Gasteiger partial charge in [-0.1, -0.05) is 66.5 Å². The quantitative estimate of drug-likeness (QED) is 0.186. The number of allylic oxidation sites excluding steroid dienone is 2. The zero-order valence-corrected chi connectivity index (χ0v) is 27.1. The van der Waals surface area contributed by atoms with Crippen LogP contribution >= 0.6 is 0 Å². The lowest BCUT2D eigenvalue weighted by molar-refractivity contribution is -0.384. The van der Waals surface area contributed by atoms with Crippen molar-refractivity contribution in [2.75, 3.05) is 0 Å². The molecular weight excluding hydrogens is 544 g/mol. The Morgan fingerprint density at radius 2 is 1.30 bits per heavy atom. The van der Waals surface area contributed by atoms with E-state index in [4.69, 9.17) is 9.47 Å². The average molecular weight is 595 g/mol. The van der Waals surface area contributed by atoms with Gasteiger partial charge in [-0.3, -0.25) is 10.1 Å². The lowest BCUT2D eigenvalue weighted by Crippen LogP contribution is -2.40. The number of carbonyl (C=O) groups is 2. The Morgan fingerprint density at radius 1 is 0.837 bits per heavy atom. The molecule has 1 aliphatic heterocycles. The molecule has 43 heavy (non-hydrogen) atoms. The second-order valence-corrected chi connectivity index (χ2v) is 14.0. The first kappa shape index (κ1) is 32.7. The van der Waals surface area contributed by atoms with Crippen LogP contribution in [-0.4, -0.2) is 29.1 Å². The van der Waals surface area contributed by atoms with Gasteiger partial charge in [-0.15, -0.1) is 0 Å². The van der Waals surface area contributed by atoms with Crippen molar-refractivity contribution in [2.24, 2.45) is 35.5 Å². The van der Waals surface area contributed by atoms with Crippen LogP contribution in [0.1, 0.15) is 105 Å². The van der Waals surface area contributed by atoms with Crippen molar-refractivity contribution < 1.29 is 24.0 Å². The molecule has 236 valence electrons. The minimum atomic E-state index is -0.863. The first-order valence-corrected chi connectivity index (χ1v) is 16.1. The van der Waals surface area contributed by atoms with Gasteiger partial charge in [0.2, 0.25) is 0 Å². The molecule has 0 saturated heterocycles. The highest BCUT2D eigenvalue weighted by molar-refractivity contribution is 6.00. The van der Waals surface area contributed by atoms with Crippen molar-refractivity contribution in [1.82, 2.24) is 5.32 Å². The van der Waals surface area contributed by atoms with Gasteiger partial charge in [0.15, 0.2) is 0 Å². The molecule has 1 N–H and O–H groups in total. The normalized spacial score (nSPS) is 29.9. The molecule has 2 unspecified atom stereocenters. The molecule has 4 rings (SSSR count). The van der Waals surface area contributed by atoms with Crippen molar-refractivity contribution in [3.8, 4) is 0 Å². The van der Waals surface area contributed by atoms with Gasteiger partial charge in [0.25, 0.3) is 5.69 Å². The number of benzene rings is 1. The van der Waals surface area contributed by atoms with Crippen molar-refractivity contribution in [3.63, 3.8) is 0 Å². The molecule has 2 aliphatic carbocycles. The molecular formula is C35H50N2O6. The van der Waals surface area contributed by atoms with E-state index in [2.05, 4.69) is 46.9 Å². The first-order valence-electron chi connectivity index (χ1n) is 16.1. The minimum Gasteiger partial charge on any atom is -0.459 e. The van der Waals surface area contributed by atoms with Crippen LogP contribution in [0.15, 0.2) is 46.8 Å². The van der Waals surface area contributed by atoms with Crippen molar-refractivity contribution in [1.29, 1.82) is 0 Å². The number of rotatable bonds is 8. The van der Waals surface area contributed by atoms with E-state index in [1.54, 1.807) is 26.0 Å². The van der Waals surface area contributed by atoms with Gasteiger partial charge in [0.1, 0.15) is 12.2 Å². The Hall–Kier alpha value is -3.16. The zero-order valence-electron chi connectivity index (χ0n) is 27.1. The number of hydrogen-bond acceptors (Lipinski definition) is 7. The Morgan fingerprint density at radius 3 is 1.72 bits per heavy atom. The number of hydrogen-bond donors (Lipinski definition) is 1. The molecule has 6 atom stereocenters. The van der Waals surface area contributed by atoms with Crippen molar-refractivity contribution >= 4 is 17.6 Å². The number of non-ortho nitro benzene ring substituents is 1. The molecule has 0 aromatic heterocycles. The van der Waals surface area contributed by atoms with Gasteiger partial charge < -0.3 is 14.8 Å². The maximum Gasteiger partial charge on any atom is 0.337 e. The van der Waals surface area contributed by atoms with Crippen LogP contribution in [-0.2, 0) is 19.1 Å². The molecule has 2 saturated carbocycles. The first-order chi connectivity index (χ1) is 20.3. The minimum absolute atomic E-state index is 0.103. The number of nitrogens with one attached hydrogen (secondary N) is 1. The Bertz CT molecular complexity index is 1210. The predicted molar refractivity (Wildman–Crippen MR) is 167 cm³/mol. The van der Waals surface area contributed by atoms with E-state index < -0.39 is 22.8 Å². The van der Waals surface area contributed by atoms with Crippen LogP contribution in [0.25, 0.3) is 0 Å². The van der Waals surface area contributed by atoms with E-state index in [0.717, 1.165) is 38.5 Å². The smallest absolute Gasteiger partial charge is 0.337 e. The SMILES string of the molecule is CC1=C(C(=O)OC2C[C@H](C)CC[C@H]2C(C)C)C(c2cccc([N+](=O)[O-])c2)C(C(=O)OC2C[C@H](C)CC[C@H]2C(C)C)=C(C)N1. The number of nitro benzene ring substituents is 1. The third-order valence-electron chi connectivity index (χ3n) is 10.1. The molecule has 8 heteroatoms. The molecule has 0 spiro atoms. The fraction of sp³-hybridized carbons (Fsp3) is 0.657. The highest BCUT2D eigenvalue weighted by atomic mass is 16.6. The summed E-state index contributed by atoms with van der Waals surface area (Å²) in [5.41, 5.74) is 2.14. The standard InChI is InChI=1S/C35H50N2O6/c1-19(2)27-14-12-21(5)16-29(27)42-34(38)31-23(7)36-24(8)32(33(31)25-10-9-11-26(18-25)37(40)41)35(39)43-30-17-22(6)13-15-28(30)20(3)4/h9-11,18-22,27-30,33,36H,12-17H2,1-8H3/t21-,22-,27+,28+,29?,30?,33?/m1/s1. The van der Waals surface area contributed by atoms with Gasteiger partial charge in [-0.25, -0.2) is 9.59 Å². The number of carbonyl (C=O) groups excluding carboxylic acids is 2. The second kappa shape index (κ2) is 13.6. The van der Waals surface area contributed by atoms with Crippen LogP contribution in [0.5, 0.6) is 0 Å².